The number of carbonyl (C=O) groups excluding carboxylic acids is 1. The number of para-hydroxylation sites is 1. The number of ether oxygens (including phenoxy) is 2. The fourth-order valence-corrected chi connectivity index (χ4v) is 2.63. The average Bonchev–Trinajstić information content (AvgIpc) is 2.66. The van der Waals surface area contributed by atoms with Crippen LogP contribution in [-0.4, -0.2) is 45.8 Å². The minimum atomic E-state index is -0.0923. The van der Waals surface area contributed by atoms with Crippen molar-refractivity contribution in [3.63, 3.8) is 0 Å². The molecule has 0 amide bonds. The van der Waals surface area contributed by atoms with Crippen molar-refractivity contribution in [2.75, 3.05) is 33.9 Å². The first-order valence-corrected chi connectivity index (χ1v) is 9.43. The lowest BCUT2D eigenvalue weighted by molar-refractivity contribution is -0.143. The Bertz CT molecular complexity index is 553. The number of hydrogen-bond acceptors (Lipinski definition) is 4. The van der Waals surface area contributed by atoms with Gasteiger partial charge in [0.05, 0.1) is 13.7 Å². The van der Waals surface area contributed by atoms with Gasteiger partial charge in [-0.25, -0.2) is 0 Å². The van der Waals surface area contributed by atoms with Crippen molar-refractivity contribution in [2.24, 2.45) is 4.99 Å². The van der Waals surface area contributed by atoms with Crippen molar-refractivity contribution in [1.29, 1.82) is 0 Å². The summed E-state index contributed by atoms with van der Waals surface area (Å²) in [6.07, 6.45) is 5.47. The number of benzene rings is 1. The molecule has 154 valence electrons. The molecule has 2 N–H and O–H groups in total. The van der Waals surface area contributed by atoms with Gasteiger partial charge >= 0.3 is 5.97 Å². The van der Waals surface area contributed by atoms with Gasteiger partial charge in [0.2, 0.25) is 0 Å². The number of methoxy groups -OCH3 is 1. The first-order valence-electron chi connectivity index (χ1n) is 9.43. The van der Waals surface area contributed by atoms with Crippen LogP contribution in [0.3, 0.4) is 0 Å². The normalized spacial score (nSPS) is 10.7. The van der Waals surface area contributed by atoms with Gasteiger partial charge in [-0.2, -0.15) is 0 Å². The van der Waals surface area contributed by atoms with Crippen LogP contribution in [-0.2, 0) is 16.0 Å². The van der Waals surface area contributed by atoms with Crippen LogP contribution in [0.2, 0.25) is 0 Å². The zero-order valence-electron chi connectivity index (χ0n) is 16.8. The lowest BCUT2D eigenvalue weighted by Crippen LogP contribution is -2.38. The quantitative estimate of drug-likeness (QED) is 0.154. The number of carbonyl (C=O) groups is 1. The van der Waals surface area contributed by atoms with E-state index in [1.807, 2.05) is 25.1 Å². The SMILES string of the molecule is CCOC(=O)CCCCCCNC(=NC)NCCc1ccccc1OC.I. The molecule has 0 spiro atoms. The molecule has 27 heavy (non-hydrogen) atoms. The number of guanidine groups is 1. The molecule has 7 heteroatoms. The predicted octanol–water partition coefficient (Wildman–Crippen LogP) is 3.53. The maximum Gasteiger partial charge on any atom is 0.305 e. The molecule has 0 unspecified atom stereocenters. The predicted molar refractivity (Wildman–Crippen MR) is 121 cm³/mol. The van der Waals surface area contributed by atoms with Crippen LogP contribution in [0.1, 0.15) is 44.6 Å². The fourth-order valence-electron chi connectivity index (χ4n) is 2.63. The highest BCUT2D eigenvalue weighted by Gasteiger charge is 2.03. The third kappa shape index (κ3) is 11.7. The number of aliphatic imine (C=N–C) groups is 1. The molecule has 0 atom stereocenters. The molecular weight excluding hydrogens is 457 g/mol. The highest BCUT2D eigenvalue weighted by atomic mass is 127. The summed E-state index contributed by atoms with van der Waals surface area (Å²) < 4.78 is 10.3. The molecular formula is C20H34IN3O3. The summed E-state index contributed by atoms with van der Waals surface area (Å²) in [5.74, 6) is 1.64. The van der Waals surface area contributed by atoms with E-state index in [1.54, 1.807) is 14.2 Å². The molecule has 1 aromatic rings. The van der Waals surface area contributed by atoms with E-state index in [2.05, 4.69) is 21.7 Å². The summed E-state index contributed by atoms with van der Waals surface area (Å²) in [6, 6.07) is 8.05. The van der Waals surface area contributed by atoms with Crippen LogP contribution in [0.4, 0.5) is 0 Å². The molecule has 0 radical (unpaired) electrons. The molecule has 0 fully saturated rings. The van der Waals surface area contributed by atoms with Crippen LogP contribution < -0.4 is 15.4 Å². The van der Waals surface area contributed by atoms with Crippen LogP contribution >= 0.6 is 24.0 Å². The summed E-state index contributed by atoms with van der Waals surface area (Å²) in [7, 11) is 3.47. The second-order valence-corrected chi connectivity index (χ2v) is 5.96. The van der Waals surface area contributed by atoms with E-state index < -0.39 is 0 Å². The van der Waals surface area contributed by atoms with Gasteiger partial charge in [0.15, 0.2) is 5.96 Å². The van der Waals surface area contributed by atoms with Crippen LogP contribution in [0.25, 0.3) is 0 Å². The van der Waals surface area contributed by atoms with Crippen molar-refractivity contribution in [2.45, 2.75) is 45.4 Å². The summed E-state index contributed by atoms with van der Waals surface area (Å²) in [5, 5.41) is 6.64. The van der Waals surface area contributed by atoms with Crippen LogP contribution in [0.15, 0.2) is 29.3 Å². The van der Waals surface area contributed by atoms with Crippen molar-refractivity contribution in [1.82, 2.24) is 10.6 Å². The molecule has 6 nitrogen and oxygen atoms in total. The van der Waals surface area contributed by atoms with Gasteiger partial charge in [0.1, 0.15) is 5.75 Å². The molecule has 0 saturated carbocycles. The lowest BCUT2D eigenvalue weighted by atomic mass is 10.1. The van der Waals surface area contributed by atoms with Gasteiger partial charge in [-0.05, 0) is 37.8 Å². The number of halogens is 1. The highest BCUT2D eigenvalue weighted by molar-refractivity contribution is 14.0. The Hall–Kier alpha value is -1.51. The Morgan fingerprint density at radius 2 is 1.78 bits per heavy atom. The number of esters is 1. The van der Waals surface area contributed by atoms with E-state index in [9.17, 15) is 4.79 Å². The topological polar surface area (TPSA) is 72.0 Å². The monoisotopic (exact) mass is 491 g/mol. The summed E-state index contributed by atoms with van der Waals surface area (Å²) in [5.41, 5.74) is 1.18. The fraction of sp³-hybridized carbons (Fsp3) is 0.600. The second kappa shape index (κ2) is 16.6. The van der Waals surface area contributed by atoms with Gasteiger partial charge in [-0.1, -0.05) is 31.0 Å². The summed E-state index contributed by atoms with van der Waals surface area (Å²) in [6.45, 7) is 3.96. The Morgan fingerprint density at radius 3 is 2.48 bits per heavy atom. The van der Waals surface area contributed by atoms with Gasteiger partial charge in [0.25, 0.3) is 0 Å². The Labute approximate surface area is 180 Å². The number of unbranched alkanes of at least 4 members (excludes halogenated alkanes) is 3. The molecule has 0 saturated heterocycles. The van der Waals surface area contributed by atoms with Gasteiger partial charge in [-0.15, -0.1) is 24.0 Å². The zero-order valence-corrected chi connectivity index (χ0v) is 19.1. The molecule has 0 aliphatic rings. The highest BCUT2D eigenvalue weighted by Crippen LogP contribution is 2.17. The summed E-state index contributed by atoms with van der Waals surface area (Å²) >= 11 is 0. The number of nitrogens with one attached hydrogen (secondary N) is 2. The Balaban J connectivity index is 0.00000676. The van der Waals surface area contributed by atoms with Crippen LogP contribution in [0.5, 0.6) is 5.75 Å². The third-order valence-electron chi connectivity index (χ3n) is 4.01. The minimum Gasteiger partial charge on any atom is -0.496 e. The Morgan fingerprint density at radius 1 is 1.07 bits per heavy atom. The molecule has 1 rings (SSSR count). The Kier molecular flexibility index (Phi) is 15.7. The van der Waals surface area contributed by atoms with Gasteiger partial charge < -0.3 is 20.1 Å². The first-order chi connectivity index (χ1) is 12.7. The standard InChI is InChI=1S/C20H33N3O3.HI/c1-4-26-19(24)13-7-5-6-10-15-22-20(21-2)23-16-14-17-11-8-9-12-18(17)25-3;/h8-9,11-12H,4-7,10,13-16H2,1-3H3,(H2,21,22,23);1H. The molecule has 0 aromatic heterocycles. The van der Waals surface area contributed by atoms with E-state index in [1.165, 1.54) is 5.56 Å². The van der Waals surface area contributed by atoms with Crippen molar-refractivity contribution in [3.05, 3.63) is 29.8 Å². The first kappa shape index (κ1) is 25.5. The van der Waals surface area contributed by atoms with Crippen molar-refractivity contribution in [3.8, 4) is 5.75 Å². The lowest BCUT2D eigenvalue weighted by Gasteiger charge is -2.13. The largest absolute Gasteiger partial charge is 0.496 e. The number of hydrogen-bond donors (Lipinski definition) is 2. The second-order valence-electron chi connectivity index (χ2n) is 5.96. The van der Waals surface area contributed by atoms with E-state index in [0.717, 1.165) is 56.9 Å². The third-order valence-corrected chi connectivity index (χ3v) is 4.01. The molecule has 1 aromatic carbocycles. The number of nitrogens with zero attached hydrogens (tertiary/aromatic N) is 1. The minimum absolute atomic E-state index is 0. The summed E-state index contributed by atoms with van der Waals surface area (Å²) in [4.78, 5) is 15.5. The molecule has 0 heterocycles. The van der Waals surface area contributed by atoms with E-state index in [4.69, 9.17) is 9.47 Å². The average molecular weight is 491 g/mol. The van der Waals surface area contributed by atoms with Crippen LogP contribution in [0, 0.1) is 0 Å². The van der Waals surface area contributed by atoms with E-state index in [0.29, 0.717) is 13.0 Å². The van der Waals surface area contributed by atoms with Gasteiger partial charge in [-0.3, -0.25) is 9.79 Å². The molecule has 0 bridgehead atoms. The van der Waals surface area contributed by atoms with Gasteiger partial charge in [0, 0.05) is 26.6 Å². The van der Waals surface area contributed by atoms with E-state index in [-0.39, 0.29) is 29.9 Å². The van der Waals surface area contributed by atoms with E-state index >= 15 is 0 Å². The maximum atomic E-state index is 11.2. The molecule has 0 aliphatic carbocycles. The van der Waals surface area contributed by atoms with Crippen molar-refractivity contribution < 1.29 is 14.3 Å². The maximum absolute atomic E-state index is 11.2. The zero-order chi connectivity index (χ0) is 19.0. The smallest absolute Gasteiger partial charge is 0.305 e. The molecule has 0 aliphatic heterocycles. The van der Waals surface area contributed by atoms with Crippen molar-refractivity contribution >= 4 is 35.9 Å². The number of rotatable bonds is 12.